The van der Waals surface area contributed by atoms with Gasteiger partial charge >= 0.3 is 0 Å². The fourth-order valence-corrected chi connectivity index (χ4v) is 2.05. The van der Waals surface area contributed by atoms with Crippen LogP contribution >= 0.6 is 0 Å². The van der Waals surface area contributed by atoms with Gasteiger partial charge in [-0.05, 0) is 24.7 Å². The van der Waals surface area contributed by atoms with E-state index in [1.165, 1.54) is 0 Å². The number of hydrogen-bond acceptors (Lipinski definition) is 4. The largest absolute Gasteiger partial charge is 0.394 e. The summed E-state index contributed by atoms with van der Waals surface area (Å²) < 4.78 is 1.83. The molecule has 5 nitrogen and oxygen atoms in total. The first-order valence-electron chi connectivity index (χ1n) is 6.26. The second-order valence-electron chi connectivity index (χ2n) is 4.61. The Hall–Kier alpha value is -1.69. The van der Waals surface area contributed by atoms with Gasteiger partial charge in [0.2, 0.25) is 0 Å². The van der Waals surface area contributed by atoms with E-state index in [1.54, 1.807) is 6.20 Å². The summed E-state index contributed by atoms with van der Waals surface area (Å²) >= 11 is 0. The van der Waals surface area contributed by atoms with Crippen LogP contribution in [0.5, 0.6) is 0 Å². The standard InChI is InChI=1S/C14H19N3O2/c1-16(10-13(19)11-18)9-12-5-2-3-6-14(12)17-8-4-7-15-17/h2-8,13,18-19H,9-11H2,1H3/t13-/m1/s1. The molecule has 0 bridgehead atoms. The highest BCUT2D eigenvalue weighted by atomic mass is 16.3. The second kappa shape index (κ2) is 6.47. The van der Waals surface area contributed by atoms with Crippen LogP contribution < -0.4 is 0 Å². The Morgan fingerprint density at radius 2 is 2.11 bits per heavy atom. The van der Waals surface area contributed by atoms with Crippen molar-refractivity contribution in [2.45, 2.75) is 12.6 Å². The third-order valence-electron chi connectivity index (χ3n) is 2.92. The summed E-state index contributed by atoms with van der Waals surface area (Å²) in [5, 5.41) is 22.6. The molecule has 1 atom stereocenters. The topological polar surface area (TPSA) is 61.5 Å². The lowest BCUT2D eigenvalue weighted by Crippen LogP contribution is -2.31. The van der Waals surface area contributed by atoms with Gasteiger partial charge in [-0.25, -0.2) is 4.68 Å². The minimum absolute atomic E-state index is 0.217. The van der Waals surface area contributed by atoms with Gasteiger partial charge in [0.25, 0.3) is 0 Å². The summed E-state index contributed by atoms with van der Waals surface area (Å²) in [6.07, 6.45) is 2.94. The molecule has 0 radical (unpaired) electrons. The first-order chi connectivity index (χ1) is 9.20. The third kappa shape index (κ3) is 3.64. The fourth-order valence-electron chi connectivity index (χ4n) is 2.05. The normalized spacial score (nSPS) is 12.8. The van der Waals surface area contributed by atoms with Crippen molar-refractivity contribution < 1.29 is 10.2 Å². The van der Waals surface area contributed by atoms with E-state index in [9.17, 15) is 5.11 Å². The van der Waals surface area contributed by atoms with E-state index in [0.717, 1.165) is 11.3 Å². The van der Waals surface area contributed by atoms with Crippen molar-refractivity contribution in [3.05, 3.63) is 48.3 Å². The Labute approximate surface area is 112 Å². The molecule has 2 aromatic rings. The Balaban J connectivity index is 2.12. The molecule has 0 aliphatic heterocycles. The van der Waals surface area contributed by atoms with E-state index in [1.807, 2.05) is 53.2 Å². The van der Waals surface area contributed by atoms with E-state index in [4.69, 9.17) is 5.11 Å². The van der Waals surface area contributed by atoms with Gasteiger partial charge in [-0.2, -0.15) is 5.10 Å². The molecule has 0 spiro atoms. The number of aromatic nitrogens is 2. The van der Waals surface area contributed by atoms with Crippen LogP contribution in [0.25, 0.3) is 5.69 Å². The molecule has 5 heteroatoms. The molecule has 0 aliphatic rings. The molecule has 2 rings (SSSR count). The van der Waals surface area contributed by atoms with Gasteiger partial charge in [0.05, 0.1) is 18.4 Å². The lowest BCUT2D eigenvalue weighted by Gasteiger charge is -2.20. The van der Waals surface area contributed by atoms with Gasteiger partial charge in [0, 0.05) is 25.5 Å². The van der Waals surface area contributed by atoms with E-state index >= 15 is 0 Å². The highest BCUT2D eigenvalue weighted by Crippen LogP contribution is 2.15. The number of rotatable bonds is 6. The molecule has 0 saturated carbocycles. The number of para-hydroxylation sites is 1. The predicted molar refractivity (Wildman–Crippen MR) is 73.0 cm³/mol. The van der Waals surface area contributed by atoms with Crippen LogP contribution in [0.4, 0.5) is 0 Å². The zero-order chi connectivity index (χ0) is 13.7. The summed E-state index contributed by atoms with van der Waals surface area (Å²) in [6, 6.07) is 9.90. The average molecular weight is 261 g/mol. The van der Waals surface area contributed by atoms with Gasteiger partial charge in [0.15, 0.2) is 0 Å². The molecule has 2 N–H and O–H groups in total. The van der Waals surface area contributed by atoms with E-state index < -0.39 is 6.10 Å². The van der Waals surface area contributed by atoms with Gasteiger partial charge in [-0.15, -0.1) is 0 Å². The molecule has 1 aromatic heterocycles. The van der Waals surface area contributed by atoms with Crippen molar-refractivity contribution >= 4 is 0 Å². The average Bonchev–Trinajstić information content (AvgIpc) is 2.93. The van der Waals surface area contributed by atoms with Gasteiger partial charge in [0.1, 0.15) is 0 Å². The minimum Gasteiger partial charge on any atom is -0.394 e. The monoisotopic (exact) mass is 261 g/mol. The Morgan fingerprint density at radius 1 is 1.32 bits per heavy atom. The minimum atomic E-state index is -0.707. The van der Waals surface area contributed by atoms with Crippen LogP contribution in [0, 0.1) is 0 Å². The van der Waals surface area contributed by atoms with Crippen molar-refractivity contribution in [2.75, 3.05) is 20.2 Å². The Morgan fingerprint density at radius 3 is 2.79 bits per heavy atom. The molecule has 0 aliphatic carbocycles. The molecule has 0 unspecified atom stereocenters. The van der Waals surface area contributed by atoms with Gasteiger partial charge in [-0.3, -0.25) is 4.90 Å². The number of nitrogens with zero attached hydrogens (tertiary/aromatic N) is 3. The molecular weight excluding hydrogens is 242 g/mol. The quantitative estimate of drug-likeness (QED) is 0.802. The summed E-state index contributed by atoms with van der Waals surface area (Å²) in [4.78, 5) is 1.98. The highest BCUT2D eigenvalue weighted by Gasteiger charge is 2.10. The van der Waals surface area contributed by atoms with Crippen molar-refractivity contribution in [2.24, 2.45) is 0 Å². The lowest BCUT2D eigenvalue weighted by atomic mass is 10.1. The van der Waals surface area contributed by atoms with E-state index in [0.29, 0.717) is 13.1 Å². The molecular formula is C14H19N3O2. The van der Waals surface area contributed by atoms with E-state index in [2.05, 4.69) is 5.10 Å². The second-order valence-corrected chi connectivity index (χ2v) is 4.61. The van der Waals surface area contributed by atoms with Crippen molar-refractivity contribution in [3.8, 4) is 5.69 Å². The maximum absolute atomic E-state index is 9.45. The van der Waals surface area contributed by atoms with Gasteiger partial charge < -0.3 is 10.2 Å². The number of hydrogen-bond donors (Lipinski definition) is 2. The maximum Gasteiger partial charge on any atom is 0.0897 e. The predicted octanol–water partition coefficient (Wildman–Crippen LogP) is 0.657. The molecule has 102 valence electrons. The SMILES string of the molecule is CN(Cc1ccccc1-n1cccn1)C[C@@H](O)CO. The van der Waals surface area contributed by atoms with Crippen LogP contribution in [-0.4, -0.2) is 51.2 Å². The third-order valence-corrected chi connectivity index (χ3v) is 2.92. The van der Waals surface area contributed by atoms with Crippen molar-refractivity contribution in [1.82, 2.24) is 14.7 Å². The first-order valence-corrected chi connectivity index (χ1v) is 6.26. The summed E-state index contributed by atoms with van der Waals surface area (Å²) in [5.74, 6) is 0. The Kier molecular flexibility index (Phi) is 4.68. The van der Waals surface area contributed by atoms with Crippen LogP contribution in [0.15, 0.2) is 42.7 Å². The molecule has 0 fully saturated rings. The van der Waals surface area contributed by atoms with E-state index in [-0.39, 0.29) is 6.61 Å². The number of aliphatic hydroxyl groups is 2. The molecule has 1 aromatic carbocycles. The summed E-state index contributed by atoms with van der Waals surface area (Å²) in [7, 11) is 1.92. The number of likely N-dealkylation sites (N-methyl/N-ethyl adjacent to an activating group) is 1. The fraction of sp³-hybridized carbons (Fsp3) is 0.357. The lowest BCUT2D eigenvalue weighted by molar-refractivity contribution is 0.0648. The molecule has 1 heterocycles. The first kappa shape index (κ1) is 13.7. The van der Waals surface area contributed by atoms with Crippen molar-refractivity contribution in [1.29, 1.82) is 0 Å². The zero-order valence-corrected chi connectivity index (χ0v) is 11.0. The van der Waals surface area contributed by atoms with Crippen LogP contribution in [0.1, 0.15) is 5.56 Å². The summed E-state index contributed by atoms with van der Waals surface area (Å²) in [5.41, 5.74) is 2.15. The molecule has 19 heavy (non-hydrogen) atoms. The van der Waals surface area contributed by atoms with Crippen LogP contribution in [-0.2, 0) is 6.54 Å². The number of aliphatic hydroxyl groups excluding tert-OH is 2. The van der Waals surface area contributed by atoms with Crippen molar-refractivity contribution in [3.63, 3.8) is 0 Å². The summed E-state index contributed by atoms with van der Waals surface area (Å²) in [6.45, 7) is 0.905. The smallest absolute Gasteiger partial charge is 0.0897 e. The highest BCUT2D eigenvalue weighted by molar-refractivity contribution is 5.40. The maximum atomic E-state index is 9.45. The number of benzene rings is 1. The molecule has 0 saturated heterocycles. The van der Waals surface area contributed by atoms with Crippen LogP contribution in [0.2, 0.25) is 0 Å². The van der Waals surface area contributed by atoms with Crippen LogP contribution in [0.3, 0.4) is 0 Å². The van der Waals surface area contributed by atoms with Gasteiger partial charge in [-0.1, -0.05) is 18.2 Å². The molecule has 0 amide bonds. The Bertz CT molecular complexity index is 499. The zero-order valence-electron chi connectivity index (χ0n) is 11.0.